The number of rotatable bonds is 7. The average molecular weight is 501 g/mol. The van der Waals surface area contributed by atoms with Gasteiger partial charge in [0.05, 0.1) is 28.7 Å². The Morgan fingerprint density at radius 1 is 1.41 bits per heavy atom. The van der Waals surface area contributed by atoms with Crippen molar-refractivity contribution in [2.45, 2.75) is 37.1 Å². The van der Waals surface area contributed by atoms with E-state index in [1.165, 1.54) is 52.3 Å². The zero-order valence-electron chi connectivity index (χ0n) is 18.2. The van der Waals surface area contributed by atoms with E-state index in [2.05, 4.69) is 4.98 Å². The molecule has 1 fully saturated rings. The van der Waals surface area contributed by atoms with Gasteiger partial charge in [0.1, 0.15) is 28.5 Å². The number of carbonyl (C=O) groups excluding carboxylic acids is 2. The van der Waals surface area contributed by atoms with Gasteiger partial charge < -0.3 is 14.7 Å². The lowest BCUT2D eigenvalue weighted by Crippen LogP contribution is -2.61. The Kier molecular flexibility index (Phi) is 5.66. The first kappa shape index (κ1) is 22.6. The minimum atomic E-state index is -0.829. The summed E-state index contributed by atoms with van der Waals surface area (Å²) in [5.41, 5.74) is 2.14. The van der Waals surface area contributed by atoms with Gasteiger partial charge in [-0.15, -0.1) is 23.1 Å². The number of nitro benzene ring substituents is 1. The third-order valence-electron chi connectivity index (χ3n) is 6.18. The van der Waals surface area contributed by atoms with Crippen molar-refractivity contribution < 1.29 is 24.4 Å². The lowest BCUT2D eigenvalue weighted by molar-refractivity contribution is -0.384. The van der Waals surface area contributed by atoms with Crippen LogP contribution in [0.15, 0.2) is 46.7 Å². The predicted octanol–water partition coefficient (Wildman–Crippen LogP) is 3.09. The molecule has 0 unspecified atom stereocenters. The number of aliphatic hydroxyl groups is 1. The first-order valence-corrected chi connectivity index (χ1v) is 12.6. The summed E-state index contributed by atoms with van der Waals surface area (Å²) in [7, 11) is 0. The highest BCUT2D eigenvalue weighted by Gasteiger charge is 2.57. The number of nitrogens with zero attached hydrogens (tertiary/aromatic N) is 4. The van der Waals surface area contributed by atoms with E-state index in [1.807, 2.05) is 16.0 Å². The molecule has 4 heterocycles. The molecular weight excluding hydrogens is 480 g/mol. The molecule has 3 aromatic rings. The standard InChI is InChI=1S/C22H20N4O6S2/c1-11(27)17-15-7-14(16-9-34-21-19(33-2)23-10-24(16)21)18(25(15)20(17)28)22(29)32-8-12-3-5-13(6-4-12)26(30)31/h3-6,9-11,15,17,27H,7-8H2,1-2H3/t11-,15-,17-/m1/s1. The van der Waals surface area contributed by atoms with E-state index >= 15 is 0 Å². The molecule has 10 nitrogen and oxygen atoms in total. The number of carbonyl (C=O) groups is 2. The minimum Gasteiger partial charge on any atom is -0.456 e. The number of aliphatic hydroxyl groups excluding tert-OH is 1. The summed E-state index contributed by atoms with van der Waals surface area (Å²) in [6, 6.07) is 5.41. The van der Waals surface area contributed by atoms with Crippen molar-refractivity contribution in [2.75, 3.05) is 6.26 Å². The van der Waals surface area contributed by atoms with Gasteiger partial charge in [0.2, 0.25) is 5.91 Å². The van der Waals surface area contributed by atoms with Gasteiger partial charge in [-0.25, -0.2) is 9.78 Å². The van der Waals surface area contributed by atoms with Gasteiger partial charge in [-0.1, -0.05) is 0 Å². The van der Waals surface area contributed by atoms with E-state index in [4.69, 9.17) is 4.74 Å². The molecular formula is C22H20N4O6S2. The summed E-state index contributed by atoms with van der Waals surface area (Å²) in [4.78, 5) is 43.2. The van der Waals surface area contributed by atoms with Gasteiger partial charge >= 0.3 is 5.97 Å². The molecule has 0 bridgehead atoms. The normalized spacial score (nSPS) is 20.4. The van der Waals surface area contributed by atoms with Gasteiger partial charge in [-0.2, -0.15) is 0 Å². The van der Waals surface area contributed by atoms with Crippen LogP contribution in [-0.2, 0) is 20.9 Å². The molecule has 2 aliphatic heterocycles. The molecule has 5 rings (SSSR count). The largest absolute Gasteiger partial charge is 0.456 e. The van der Waals surface area contributed by atoms with Crippen LogP contribution in [0.5, 0.6) is 0 Å². The zero-order chi connectivity index (χ0) is 24.1. The maximum absolute atomic E-state index is 13.2. The lowest BCUT2D eigenvalue weighted by Gasteiger charge is -2.44. The Morgan fingerprint density at radius 3 is 2.79 bits per heavy atom. The van der Waals surface area contributed by atoms with Gasteiger partial charge in [-0.05, 0) is 37.3 Å². The van der Waals surface area contributed by atoms with Crippen molar-refractivity contribution in [3.63, 3.8) is 0 Å². The highest BCUT2D eigenvalue weighted by Crippen LogP contribution is 2.48. The topological polar surface area (TPSA) is 127 Å². The minimum absolute atomic E-state index is 0.0551. The van der Waals surface area contributed by atoms with Gasteiger partial charge in [-0.3, -0.25) is 19.3 Å². The number of ether oxygens (including phenoxy) is 1. The van der Waals surface area contributed by atoms with Crippen molar-refractivity contribution in [2.24, 2.45) is 5.92 Å². The highest BCUT2D eigenvalue weighted by atomic mass is 32.2. The van der Waals surface area contributed by atoms with Crippen molar-refractivity contribution in [1.82, 2.24) is 14.3 Å². The third kappa shape index (κ3) is 3.49. The van der Waals surface area contributed by atoms with E-state index in [1.54, 1.807) is 13.3 Å². The van der Waals surface area contributed by atoms with E-state index in [-0.39, 0.29) is 29.9 Å². The number of non-ortho nitro benzene ring substituents is 1. The van der Waals surface area contributed by atoms with Gasteiger partial charge in [0.15, 0.2) is 0 Å². The summed E-state index contributed by atoms with van der Waals surface area (Å²) < 4.78 is 7.43. The molecule has 1 saturated heterocycles. The summed E-state index contributed by atoms with van der Waals surface area (Å²) in [5, 5.41) is 23.8. The first-order valence-electron chi connectivity index (χ1n) is 10.5. The Morgan fingerprint density at radius 2 is 2.15 bits per heavy atom. The van der Waals surface area contributed by atoms with Crippen LogP contribution < -0.4 is 0 Å². The second kappa shape index (κ2) is 8.53. The smallest absolute Gasteiger partial charge is 0.355 e. The number of nitro groups is 1. The fraction of sp³-hybridized carbons (Fsp3) is 0.318. The fourth-order valence-electron chi connectivity index (χ4n) is 4.54. The number of esters is 1. The molecule has 3 atom stereocenters. The number of thioether (sulfide) groups is 1. The molecule has 0 radical (unpaired) electrons. The van der Waals surface area contributed by atoms with Crippen LogP contribution in [0, 0.1) is 16.0 Å². The summed E-state index contributed by atoms with van der Waals surface area (Å²) in [5.74, 6) is -1.54. The second-order valence-electron chi connectivity index (χ2n) is 8.12. The fourth-order valence-corrected chi connectivity index (χ4v) is 6.26. The number of benzene rings is 1. The number of fused-ring (bicyclic) bond motifs is 2. The average Bonchev–Trinajstić information content (AvgIpc) is 3.49. The lowest BCUT2D eigenvalue weighted by atomic mass is 9.83. The Bertz CT molecular complexity index is 1340. The molecule has 2 aliphatic rings. The van der Waals surface area contributed by atoms with Gasteiger partial charge in [0, 0.05) is 23.1 Å². The van der Waals surface area contributed by atoms with Crippen molar-refractivity contribution in [3.8, 4) is 0 Å². The highest BCUT2D eigenvalue weighted by molar-refractivity contribution is 7.98. The van der Waals surface area contributed by atoms with Gasteiger partial charge in [0.25, 0.3) is 5.69 Å². The molecule has 1 aromatic carbocycles. The third-order valence-corrected chi connectivity index (χ3v) is 7.94. The van der Waals surface area contributed by atoms with Crippen LogP contribution >= 0.6 is 23.1 Å². The van der Waals surface area contributed by atoms with E-state index in [0.717, 1.165) is 15.6 Å². The molecule has 0 saturated carbocycles. The molecule has 0 spiro atoms. The number of β-lactam (4-membered cyclic amide) rings is 1. The molecule has 12 heteroatoms. The SMILES string of the molecule is CSc1ncn2c(C3=C(C(=O)OCc4ccc([N+](=O)[O-])cc4)N4C(=O)[C@H]([C@@H](C)O)[C@H]4C3)csc12. The Labute approximate surface area is 202 Å². The number of amides is 1. The molecule has 1 N–H and O–H groups in total. The molecule has 34 heavy (non-hydrogen) atoms. The molecule has 2 aromatic heterocycles. The van der Waals surface area contributed by atoms with Crippen molar-refractivity contribution in [3.05, 3.63) is 63.0 Å². The van der Waals surface area contributed by atoms with Crippen LogP contribution in [-0.4, -0.2) is 54.6 Å². The Balaban J connectivity index is 1.47. The van der Waals surface area contributed by atoms with Crippen LogP contribution in [0.25, 0.3) is 10.4 Å². The van der Waals surface area contributed by atoms with Crippen LogP contribution in [0.2, 0.25) is 0 Å². The summed E-state index contributed by atoms with van der Waals surface area (Å²) >= 11 is 3.03. The summed E-state index contributed by atoms with van der Waals surface area (Å²) in [6.45, 7) is 1.48. The maximum Gasteiger partial charge on any atom is 0.355 e. The zero-order valence-corrected chi connectivity index (χ0v) is 19.8. The van der Waals surface area contributed by atoms with Crippen molar-refractivity contribution in [1.29, 1.82) is 0 Å². The van der Waals surface area contributed by atoms with Crippen LogP contribution in [0.1, 0.15) is 24.6 Å². The second-order valence-corrected chi connectivity index (χ2v) is 9.78. The number of imidazole rings is 1. The van der Waals surface area contributed by atoms with Crippen LogP contribution in [0.4, 0.5) is 5.69 Å². The molecule has 1 amide bonds. The number of hydrogen-bond donors (Lipinski definition) is 1. The Hall–Kier alpha value is -3.22. The summed E-state index contributed by atoms with van der Waals surface area (Å²) in [6.07, 6.45) is 3.23. The predicted molar refractivity (Wildman–Crippen MR) is 125 cm³/mol. The number of aromatic nitrogens is 2. The van der Waals surface area contributed by atoms with Crippen LogP contribution in [0.3, 0.4) is 0 Å². The molecule has 176 valence electrons. The quantitative estimate of drug-likeness (QED) is 0.172. The van der Waals surface area contributed by atoms with Crippen molar-refractivity contribution >= 4 is 51.1 Å². The van der Waals surface area contributed by atoms with E-state index in [0.29, 0.717) is 17.6 Å². The maximum atomic E-state index is 13.2. The number of hydrogen-bond acceptors (Lipinski definition) is 9. The number of thiazole rings is 1. The first-order chi connectivity index (χ1) is 16.3. The molecule has 0 aliphatic carbocycles. The monoisotopic (exact) mass is 500 g/mol. The van der Waals surface area contributed by atoms with E-state index in [9.17, 15) is 24.8 Å². The van der Waals surface area contributed by atoms with E-state index < -0.39 is 22.9 Å².